The molecule has 0 aromatic heterocycles. The van der Waals surface area contributed by atoms with E-state index in [2.05, 4.69) is 10.9 Å². The maximum Gasteiger partial charge on any atom is 0.238 e. The molecule has 27 heavy (non-hydrogen) atoms. The van der Waals surface area contributed by atoms with E-state index in [9.17, 15) is 8.42 Å². The summed E-state index contributed by atoms with van der Waals surface area (Å²) in [5, 5.41) is 7.19. The van der Waals surface area contributed by atoms with E-state index in [-0.39, 0.29) is 11.5 Å². The van der Waals surface area contributed by atoms with Crippen molar-refractivity contribution in [3.8, 4) is 18.1 Å². The zero-order valence-corrected chi connectivity index (χ0v) is 15.3. The SMILES string of the molecule is C#CCOc1ccc2ccccc2c1C=NCc1ccc(S(N)(=O)=O)cc1. The standard InChI is InChI=1S/C21H18N2O3S/c1-2-13-26-21-12-9-17-5-3-4-6-19(17)20(21)15-23-14-16-7-10-18(11-8-16)27(22,24)25/h1,3-12,15H,13-14H2,(H2,22,24,25). The first-order valence-electron chi connectivity index (χ1n) is 8.18. The van der Waals surface area contributed by atoms with Gasteiger partial charge in [0.05, 0.1) is 11.4 Å². The average molecular weight is 378 g/mol. The average Bonchev–Trinajstić information content (AvgIpc) is 2.66. The van der Waals surface area contributed by atoms with Crippen LogP contribution in [0, 0.1) is 12.3 Å². The fourth-order valence-electron chi connectivity index (χ4n) is 2.68. The molecule has 136 valence electrons. The summed E-state index contributed by atoms with van der Waals surface area (Å²) in [6, 6.07) is 18.1. The van der Waals surface area contributed by atoms with Gasteiger partial charge in [-0.25, -0.2) is 13.6 Å². The van der Waals surface area contributed by atoms with Crippen molar-refractivity contribution in [3.63, 3.8) is 0 Å². The highest BCUT2D eigenvalue weighted by Gasteiger charge is 2.08. The Kier molecular flexibility index (Phi) is 5.55. The minimum absolute atomic E-state index is 0.0780. The number of hydrogen-bond acceptors (Lipinski definition) is 4. The van der Waals surface area contributed by atoms with Crippen LogP contribution < -0.4 is 9.88 Å². The topological polar surface area (TPSA) is 81.8 Å². The van der Waals surface area contributed by atoms with Gasteiger partial charge < -0.3 is 4.74 Å². The maximum atomic E-state index is 11.3. The molecule has 5 nitrogen and oxygen atoms in total. The summed E-state index contributed by atoms with van der Waals surface area (Å²) in [5.41, 5.74) is 1.72. The zero-order valence-electron chi connectivity index (χ0n) is 14.5. The van der Waals surface area contributed by atoms with Gasteiger partial charge in [0.2, 0.25) is 10.0 Å². The second kappa shape index (κ2) is 8.04. The molecule has 0 saturated heterocycles. The van der Waals surface area contributed by atoms with Crippen LogP contribution in [0.1, 0.15) is 11.1 Å². The van der Waals surface area contributed by atoms with Gasteiger partial charge in [0.1, 0.15) is 12.4 Å². The van der Waals surface area contributed by atoms with Gasteiger partial charge in [-0.2, -0.15) is 0 Å². The van der Waals surface area contributed by atoms with Crippen molar-refractivity contribution in [3.05, 3.63) is 71.8 Å². The van der Waals surface area contributed by atoms with Crippen LogP contribution in [0.4, 0.5) is 0 Å². The molecule has 0 fully saturated rings. The van der Waals surface area contributed by atoms with Crippen molar-refractivity contribution in [1.29, 1.82) is 0 Å². The molecule has 0 heterocycles. The molecule has 0 unspecified atom stereocenters. The van der Waals surface area contributed by atoms with Gasteiger partial charge in [-0.05, 0) is 34.5 Å². The molecular formula is C21H18N2O3S. The Morgan fingerprint density at radius 1 is 1.07 bits per heavy atom. The van der Waals surface area contributed by atoms with Gasteiger partial charge in [0, 0.05) is 11.8 Å². The predicted octanol–water partition coefficient (Wildman–Crippen LogP) is 3.12. The number of primary sulfonamides is 1. The number of aliphatic imine (C=N–C) groups is 1. The van der Waals surface area contributed by atoms with E-state index >= 15 is 0 Å². The summed E-state index contributed by atoms with van der Waals surface area (Å²) in [7, 11) is -3.69. The van der Waals surface area contributed by atoms with Crippen molar-refractivity contribution < 1.29 is 13.2 Å². The number of nitrogens with zero attached hydrogens (tertiary/aromatic N) is 1. The van der Waals surface area contributed by atoms with Crippen LogP contribution in [-0.2, 0) is 16.6 Å². The van der Waals surface area contributed by atoms with E-state index in [1.54, 1.807) is 18.3 Å². The van der Waals surface area contributed by atoms with E-state index in [0.717, 1.165) is 21.9 Å². The van der Waals surface area contributed by atoms with Crippen LogP contribution in [0.15, 0.2) is 70.6 Å². The summed E-state index contributed by atoms with van der Waals surface area (Å²) in [6.07, 6.45) is 7.05. The number of hydrogen-bond donors (Lipinski definition) is 1. The van der Waals surface area contributed by atoms with Gasteiger partial charge >= 0.3 is 0 Å². The second-order valence-corrected chi connectivity index (χ2v) is 7.41. The third-order valence-electron chi connectivity index (χ3n) is 3.99. The van der Waals surface area contributed by atoms with Crippen LogP contribution in [0.2, 0.25) is 0 Å². The molecule has 0 spiro atoms. The van der Waals surface area contributed by atoms with Gasteiger partial charge in [-0.1, -0.05) is 48.4 Å². The van der Waals surface area contributed by atoms with Crippen molar-refractivity contribution in [1.82, 2.24) is 0 Å². The Labute approximate surface area is 158 Å². The summed E-state index contributed by atoms with van der Waals surface area (Å²) < 4.78 is 28.3. The predicted molar refractivity (Wildman–Crippen MR) is 107 cm³/mol. The van der Waals surface area contributed by atoms with Gasteiger partial charge in [-0.15, -0.1) is 6.42 Å². The molecule has 0 atom stereocenters. The first-order valence-corrected chi connectivity index (χ1v) is 9.73. The lowest BCUT2D eigenvalue weighted by atomic mass is 10.0. The van der Waals surface area contributed by atoms with E-state index in [0.29, 0.717) is 12.3 Å². The Bertz CT molecular complexity index is 1130. The quantitative estimate of drug-likeness (QED) is 0.528. The Morgan fingerprint density at radius 2 is 1.81 bits per heavy atom. The normalized spacial score (nSPS) is 11.6. The lowest BCUT2D eigenvalue weighted by molar-refractivity contribution is 0.370. The minimum Gasteiger partial charge on any atom is -0.480 e. The van der Waals surface area contributed by atoms with Gasteiger partial charge in [0.25, 0.3) is 0 Å². The van der Waals surface area contributed by atoms with Gasteiger partial charge in [-0.3, -0.25) is 4.99 Å². The third-order valence-corrected chi connectivity index (χ3v) is 4.92. The summed E-state index contributed by atoms with van der Waals surface area (Å²) in [5.74, 6) is 3.13. The number of fused-ring (bicyclic) bond motifs is 1. The van der Waals surface area contributed by atoms with E-state index in [1.807, 2.05) is 36.4 Å². The van der Waals surface area contributed by atoms with Crippen LogP contribution in [0.25, 0.3) is 10.8 Å². The minimum atomic E-state index is -3.69. The summed E-state index contributed by atoms with van der Waals surface area (Å²) in [6.45, 7) is 0.566. The van der Waals surface area contributed by atoms with E-state index < -0.39 is 10.0 Å². The maximum absolute atomic E-state index is 11.3. The Hall–Kier alpha value is -3.14. The highest BCUT2D eigenvalue weighted by molar-refractivity contribution is 7.89. The van der Waals surface area contributed by atoms with E-state index in [4.69, 9.17) is 16.3 Å². The monoisotopic (exact) mass is 378 g/mol. The van der Waals surface area contributed by atoms with Crippen LogP contribution in [0.3, 0.4) is 0 Å². The number of rotatable bonds is 6. The second-order valence-electron chi connectivity index (χ2n) is 5.85. The molecule has 0 bridgehead atoms. The largest absolute Gasteiger partial charge is 0.480 e. The molecule has 6 heteroatoms. The summed E-state index contributed by atoms with van der Waals surface area (Å²) in [4.78, 5) is 4.56. The molecule has 3 aromatic rings. The van der Waals surface area contributed by atoms with Crippen molar-refractivity contribution in [2.45, 2.75) is 11.4 Å². The fourth-order valence-corrected chi connectivity index (χ4v) is 3.20. The number of ether oxygens (including phenoxy) is 1. The van der Waals surface area contributed by atoms with Crippen LogP contribution in [-0.4, -0.2) is 21.2 Å². The molecule has 0 radical (unpaired) electrons. The third kappa shape index (κ3) is 4.53. The lowest BCUT2D eigenvalue weighted by Crippen LogP contribution is -2.11. The Balaban J connectivity index is 1.87. The first-order chi connectivity index (χ1) is 13.0. The van der Waals surface area contributed by atoms with E-state index in [1.165, 1.54) is 12.1 Å². The molecule has 0 aliphatic rings. The van der Waals surface area contributed by atoms with Crippen molar-refractivity contribution in [2.24, 2.45) is 10.1 Å². The van der Waals surface area contributed by atoms with Crippen LogP contribution >= 0.6 is 0 Å². The van der Waals surface area contributed by atoms with Crippen molar-refractivity contribution in [2.75, 3.05) is 6.61 Å². The number of nitrogens with two attached hydrogens (primary N) is 1. The van der Waals surface area contributed by atoms with Crippen LogP contribution in [0.5, 0.6) is 5.75 Å². The Morgan fingerprint density at radius 3 is 2.52 bits per heavy atom. The smallest absolute Gasteiger partial charge is 0.238 e. The highest BCUT2D eigenvalue weighted by Crippen LogP contribution is 2.27. The molecule has 3 rings (SSSR count). The fraction of sp³-hybridized carbons (Fsp3) is 0.0952. The number of sulfonamides is 1. The summed E-state index contributed by atoms with van der Waals surface area (Å²) >= 11 is 0. The first kappa shape index (κ1) is 18.6. The highest BCUT2D eigenvalue weighted by atomic mass is 32.2. The number of terminal acetylenes is 1. The molecule has 0 amide bonds. The molecule has 0 aliphatic carbocycles. The lowest BCUT2D eigenvalue weighted by Gasteiger charge is -2.10. The molecule has 2 N–H and O–H groups in total. The van der Waals surface area contributed by atoms with Gasteiger partial charge in [0.15, 0.2) is 0 Å². The molecule has 0 saturated carbocycles. The molecule has 3 aromatic carbocycles. The zero-order chi connectivity index (χ0) is 19.3. The van der Waals surface area contributed by atoms with Crippen molar-refractivity contribution >= 4 is 27.0 Å². The number of benzene rings is 3. The molecular weight excluding hydrogens is 360 g/mol. The molecule has 0 aliphatic heterocycles.